The van der Waals surface area contributed by atoms with E-state index in [9.17, 15) is 17.6 Å². The van der Waals surface area contributed by atoms with Crippen LogP contribution in [0.5, 0.6) is 5.88 Å². The predicted molar refractivity (Wildman–Crippen MR) is 125 cm³/mol. The van der Waals surface area contributed by atoms with E-state index in [0.717, 1.165) is 0 Å². The van der Waals surface area contributed by atoms with Gasteiger partial charge < -0.3 is 4.74 Å². The van der Waals surface area contributed by atoms with Gasteiger partial charge in [-0.2, -0.15) is 5.26 Å². The van der Waals surface area contributed by atoms with E-state index in [-0.39, 0.29) is 17.2 Å². The van der Waals surface area contributed by atoms with E-state index in [2.05, 4.69) is 9.71 Å². The minimum Gasteiger partial charge on any atom is -0.481 e. The zero-order valence-electron chi connectivity index (χ0n) is 19.2. The molecule has 1 N–H and O–H groups in total. The summed E-state index contributed by atoms with van der Waals surface area (Å²) in [6.07, 6.45) is 1.22. The second-order valence-corrected chi connectivity index (χ2v) is 9.71. The monoisotopic (exact) mass is 481 g/mol. The average Bonchev–Trinajstić information content (AvgIpc) is 2.79. The number of benzene rings is 2. The third-order valence-corrected chi connectivity index (χ3v) is 6.84. The fraction of sp³-hybridized carbons (Fsp3) is 0.240. The molecule has 34 heavy (non-hydrogen) atoms. The van der Waals surface area contributed by atoms with Gasteiger partial charge >= 0.3 is 0 Å². The summed E-state index contributed by atoms with van der Waals surface area (Å²) in [5.41, 5.74) is 2.79. The molecule has 0 fully saturated rings. The van der Waals surface area contributed by atoms with Gasteiger partial charge in [-0.3, -0.25) is 4.79 Å². The fourth-order valence-electron chi connectivity index (χ4n) is 3.74. The molecule has 0 radical (unpaired) electrons. The molecule has 0 bridgehead atoms. The highest BCUT2D eigenvalue weighted by molar-refractivity contribution is 7.90. The number of pyridine rings is 1. The number of amides is 1. The van der Waals surface area contributed by atoms with Gasteiger partial charge in [-0.1, -0.05) is 13.8 Å². The molecule has 9 heteroatoms. The van der Waals surface area contributed by atoms with Gasteiger partial charge in [0.05, 0.1) is 30.1 Å². The summed E-state index contributed by atoms with van der Waals surface area (Å²) >= 11 is 0. The molecule has 2 aromatic carbocycles. The molecule has 3 aromatic rings. The summed E-state index contributed by atoms with van der Waals surface area (Å²) in [5, 5.41) is 9.00. The highest BCUT2D eigenvalue weighted by Gasteiger charge is 2.23. The van der Waals surface area contributed by atoms with Crippen molar-refractivity contribution in [1.82, 2.24) is 9.71 Å². The van der Waals surface area contributed by atoms with Crippen molar-refractivity contribution in [2.75, 3.05) is 7.11 Å². The van der Waals surface area contributed by atoms with Gasteiger partial charge in [-0.05, 0) is 77.1 Å². The van der Waals surface area contributed by atoms with Crippen molar-refractivity contribution in [3.63, 3.8) is 0 Å². The van der Waals surface area contributed by atoms with Gasteiger partial charge in [0.15, 0.2) is 0 Å². The standard InChI is InChI=1S/C25H24FN3O4S/c1-15(2)20-11-19(26)12-21(18-7-8-28-25(10-18)33-4)22(20)13-24(30)29-34(31,32)23-6-5-17(14-27)9-16(23)3/h5-12,15H,13H2,1-4H3,(H,29,30). The van der Waals surface area contributed by atoms with Crippen molar-refractivity contribution >= 4 is 15.9 Å². The summed E-state index contributed by atoms with van der Waals surface area (Å²) in [6.45, 7) is 5.28. The number of nitrogens with zero attached hydrogens (tertiary/aromatic N) is 2. The van der Waals surface area contributed by atoms with Crippen LogP contribution in [0.4, 0.5) is 4.39 Å². The van der Waals surface area contributed by atoms with Crippen molar-refractivity contribution in [3.05, 3.63) is 76.7 Å². The van der Waals surface area contributed by atoms with Crippen LogP contribution >= 0.6 is 0 Å². The number of nitrogens with one attached hydrogen (secondary N) is 1. The summed E-state index contributed by atoms with van der Waals surface area (Å²) in [7, 11) is -2.72. The lowest BCUT2D eigenvalue weighted by Gasteiger charge is -2.18. The molecular weight excluding hydrogens is 457 g/mol. The van der Waals surface area contributed by atoms with Gasteiger partial charge in [0, 0.05) is 12.3 Å². The van der Waals surface area contributed by atoms with Crippen LogP contribution in [-0.4, -0.2) is 26.4 Å². The first-order valence-corrected chi connectivity index (χ1v) is 11.9. The smallest absolute Gasteiger partial charge is 0.264 e. The third-order valence-electron chi connectivity index (χ3n) is 5.31. The fourth-order valence-corrected chi connectivity index (χ4v) is 4.95. The molecule has 0 saturated carbocycles. The Morgan fingerprint density at radius 3 is 2.56 bits per heavy atom. The number of hydrogen-bond acceptors (Lipinski definition) is 6. The molecular formula is C25H24FN3O4S. The van der Waals surface area contributed by atoms with Gasteiger partial charge in [-0.25, -0.2) is 22.5 Å². The van der Waals surface area contributed by atoms with E-state index in [1.807, 2.05) is 19.9 Å². The summed E-state index contributed by atoms with van der Waals surface area (Å²) < 4.78 is 47.5. The largest absolute Gasteiger partial charge is 0.481 e. The molecule has 176 valence electrons. The molecule has 0 saturated heterocycles. The number of rotatable bonds is 7. The molecule has 1 amide bonds. The molecule has 0 atom stereocenters. The number of aromatic nitrogens is 1. The zero-order valence-corrected chi connectivity index (χ0v) is 20.0. The molecule has 1 aromatic heterocycles. The minimum absolute atomic E-state index is 0.0952. The van der Waals surface area contributed by atoms with Crippen molar-refractivity contribution in [2.24, 2.45) is 0 Å². The first-order valence-electron chi connectivity index (χ1n) is 10.4. The van der Waals surface area contributed by atoms with Crippen LogP contribution in [0.2, 0.25) is 0 Å². The summed E-state index contributed by atoms with van der Waals surface area (Å²) in [5.74, 6) is -1.04. The lowest BCUT2D eigenvalue weighted by atomic mass is 9.88. The van der Waals surface area contributed by atoms with E-state index in [4.69, 9.17) is 10.00 Å². The molecule has 1 heterocycles. The summed E-state index contributed by atoms with van der Waals surface area (Å²) in [4.78, 5) is 16.9. The Hall–Kier alpha value is -3.77. The average molecular weight is 482 g/mol. The number of carbonyl (C=O) groups is 1. The number of methoxy groups -OCH3 is 1. The Morgan fingerprint density at radius 1 is 1.21 bits per heavy atom. The van der Waals surface area contributed by atoms with E-state index in [1.54, 1.807) is 19.1 Å². The second kappa shape index (κ2) is 10.0. The number of nitriles is 1. The van der Waals surface area contributed by atoms with Crippen LogP contribution in [0, 0.1) is 24.1 Å². The second-order valence-electron chi connectivity index (χ2n) is 8.06. The zero-order chi connectivity index (χ0) is 25.0. The van der Waals surface area contributed by atoms with Crippen LogP contribution in [0.3, 0.4) is 0 Å². The Bertz CT molecular complexity index is 1400. The minimum atomic E-state index is -4.18. The first kappa shape index (κ1) is 24.9. The number of hydrogen-bond donors (Lipinski definition) is 1. The topological polar surface area (TPSA) is 109 Å². The molecule has 3 rings (SSSR count). The van der Waals surface area contributed by atoms with E-state index in [1.165, 1.54) is 43.6 Å². The number of halogens is 1. The Morgan fingerprint density at radius 2 is 1.94 bits per heavy atom. The van der Waals surface area contributed by atoms with Crippen LogP contribution in [0.1, 0.15) is 42.0 Å². The van der Waals surface area contributed by atoms with E-state index >= 15 is 0 Å². The van der Waals surface area contributed by atoms with Crippen LogP contribution in [0.15, 0.2) is 53.6 Å². The van der Waals surface area contributed by atoms with Crippen molar-refractivity contribution < 1.29 is 22.3 Å². The molecule has 0 spiro atoms. The van der Waals surface area contributed by atoms with Gasteiger partial charge in [0.1, 0.15) is 5.82 Å². The Labute approximate surface area is 198 Å². The first-order chi connectivity index (χ1) is 16.1. The molecule has 0 unspecified atom stereocenters. The quantitative estimate of drug-likeness (QED) is 0.540. The number of sulfonamides is 1. The third kappa shape index (κ3) is 5.41. The maximum atomic E-state index is 14.5. The lowest BCUT2D eigenvalue weighted by Crippen LogP contribution is -2.32. The van der Waals surface area contributed by atoms with Crippen LogP contribution in [-0.2, 0) is 21.2 Å². The SMILES string of the molecule is COc1cc(-c2cc(F)cc(C(C)C)c2CC(=O)NS(=O)(=O)c2ccc(C#N)cc2C)ccn1. The van der Waals surface area contributed by atoms with Crippen LogP contribution < -0.4 is 9.46 Å². The maximum absolute atomic E-state index is 14.5. The summed E-state index contributed by atoms with van der Waals surface area (Å²) in [6, 6.07) is 12.0. The number of aryl methyl sites for hydroxylation is 1. The molecule has 0 aliphatic heterocycles. The highest BCUT2D eigenvalue weighted by atomic mass is 32.2. The Balaban J connectivity index is 2.01. The Kier molecular flexibility index (Phi) is 7.32. The molecule has 7 nitrogen and oxygen atoms in total. The molecule has 0 aliphatic carbocycles. The number of carbonyl (C=O) groups excluding carboxylic acids is 1. The lowest BCUT2D eigenvalue weighted by molar-refractivity contribution is -0.118. The van der Waals surface area contributed by atoms with Gasteiger partial charge in [-0.15, -0.1) is 0 Å². The normalized spacial score (nSPS) is 11.2. The van der Waals surface area contributed by atoms with E-state index in [0.29, 0.717) is 39.3 Å². The molecule has 0 aliphatic rings. The van der Waals surface area contributed by atoms with Gasteiger partial charge in [0.2, 0.25) is 11.8 Å². The highest BCUT2D eigenvalue weighted by Crippen LogP contribution is 2.33. The van der Waals surface area contributed by atoms with Crippen LogP contribution in [0.25, 0.3) is 11.1 Å². The van der Waals surface area contributed by atoms with Gasteiger partial charge in [0.25, 0.3) is 10.0 Å². The number of ether oxygens (including phenoxy) is 1. The van der Waals surface area contributed by atoms with Crippen molar-refractivity contribution in [1.29, 1.82) is 5.26 Å². The maximum Gasteiger partial charge on any atom is 0.264 e. The van der Waals surface area contributed by atoms with E-state index < -0.39 is 21.7 Å². The van der Waals surface area contributed by atoms with Crippen molar-refractivity contribution in [3.8, 4) is 23.1 Å². The van der Waals surface area contributed by atoms with Crippen molar-refractivity contribution in [2.45, 2.75) is 38.0 Å². The predicted octanol–water partition coefficient (Wildman–Crippen LogP) is 4.25.